The van der Waals surface area contributed by atoms with Gasteiger partial charge in [0.1, 0.15) is 0 Å². The second-order valence-corrected chi connectivity index (χ2v) is 6.95. The van der Waals surface area contributed by atoms with Crippen molar-refractivity contribution in [1.82, 2.24) is 20.2 Å². The van der Waals surface area contributed by atoms with Gasteiger partial charge in [0.15, 0.2) is 0 Å². The summed E-state index contributed by atoms with van der Waals surface area (Å²) >= 11 is 6.84. The van der Waals surface area contributed by atoms with Gasteiger partial charge in [-0.2, -0.15) is 0 Å². The molecule has 0 bridgehead atoms. The number of nitrogens with zero attached hydrogens (tertiary/aromatic N) is 3. The molecule has 6 heteroatoms. The molecule has 0 spiro atoms. The van der Waals surface area contributed by atoms with E-state index in [0.29, 0.717) is 0 Å². The zero-order valence-electron chi connectivity index (χ0n) is 11.9. The number of halogens is 2. The third-order valence-electron chi connectivity index (χ3n) is 3.49. The summed E-state index contributed by atoms with van der Waals surface area (Å²) in [5.41, 5.74) is 2.12. The van der Waals surface area contributed by atoms with Crippen LogP contribution >= 0.6 is 31.9 Å². The van der Waals surface area contributed by atoms with Gasteiger partial charge in [-0.15, -0.1) is 0 Å². The number of aromatic nitrogens is 2. The first-order valence-corrected chi connectivity index (χ1v) is 8.66. The molecule has 114 valence electrons. The van der Waals surface area contributed by atoms with E-state index in [0.717, 1.165) is 39.8 Å². The molecule has 4 nitrogen and oxygen atoms in total. The molecule has 0 fully saturated rings. The van der Waals surface area contributed by atoms with Gasteiger partial charge in [-0.25, -0.2) is 0 Å². The van der Waals surface area contributed by atoms with Crippen molar-refractivity contribution in [1.29, 1.82) is 0 Å². The third kappa shape index (κ3) is 4.15. The van der Waals surface area contributed by atoms with Gasteiger partial charge in [0.05, 0.1) is 18.4 Å². The molecule has 1 aliphatic heterocycles. The summed E-state index contributed by atoms with van der Waals surface area (Å²) < 4.78 is 2.00. The van der Waals surface area contributed by atoms with Gasteiger partial charge >= 0.3 is 0 Å². The van der Waals surface area contributed by atoms with Crippen molar-refractivity contribution in [2.75, 3.05) is 6.54 Å². The van der Waals surface area contributed by atoms with E-state index in [1.807, 2.05) is 30.6 Å². The van der Waals surface area contributed by atoms with E-state index < -0.39 is 0 Å². The first kappa shape index (κ1) is 15.6. The highest BCUT2D eigenvalue weighted by molar-refractivity contribution is 9.10. The molecule has 0 amide bonds. The molecule has 2 aromatic heterocycles. The molecule has 1 atom stereocenters. The van der Waals surface area contributed by atoms with Gasteiger partial charge in [0.2, 0.25) is 0 Å². The topological polar surface area (TPSA) is 41.0 Å². The van der Waals surface area contributed by atoms with Crippen molar-refractivity contribution in [2.45, 2.75) is 19.1 Å². The molecule has 2 aromatic rings. The second-order valence-electron chi connectivity index (χ2n) is 5.12. The first-order chi connectivity index (χ1) is 10.7. The van der Waals surface area contributed by atoms with Crippen LogP contribution in [0.2, 0.25) is 0 Å². The Labute approximate surface area is 146 Å². The highest BCUT2D eigenvalue weighted by Gasteiger charge is 2.19. The maximum atomic E-state index is 4.47. The van der Waals surface area contributed by atoms with Crippen LogP contribution in [-0.4, -0.2) is 27.6 Å². The number of hydrogen-bond acceptors (Lipinski definition) is 4. The van der Waals surface area contributed by atoms with E-state index in [-0.39, 0.29) is 6.17 Å². The highest BCUT2D eigenvalue weighted by atomic mass is 79.9. The first-order valence-electron chi connectivity index (χ1n) is 7.07. The molecule has 0 saturated carbocycles. The fraction of sp³-hybridized carbons (Fsp3) is 0.250. The maximum absolute atomic E-state index is 4.47. The quantitative estimate of drug-likeness (QED) is 0.817. The van der Waals surface area contributed by atoms with Crippen molar-refractivity contribution in [3.63, 3.8) is 0 Å². The third-order valence-corrected chi connectivity index (χ3v) is 4.43. The van der Waals surface area contributed by atoms with Crippen molar-refractivity contribution in [3.05, 3.63) is 69.3 Å². The SMILES string of the molecule is Brc1ccc(CC2NCC=CN2Cc2ccc(Br)cn2)nc1. The highest BCUT2D eigenvalue weighted by Crippen LogP contribution is 2.15. The largest absolute Gasteiger partial charge is 0.356 e. The Balaban J connectivity index is 1.70. The Morgan fingerprint density at radius 1 is 1.05 bits per heavy atom. The molecule has 1 unspecified atom stereocenters. The predicted octanol–water partition coefficient (Wildman–Crippen LogP) is 3.49. The zero-order chi connectivity index (χ0) is 15.4. The molecule has 3 heterocycles. The fourth-order valence-corrected chi connectivity index (χ4v) is 2.85. The normalized spacial score (nSPS) is 17.7. The van der Waals surface area contributed by atoms with Crippen molar-refractivity contribution >= 4 is 31.9 Å². The van der Waals surface area contributed by atoms with Gasteiger partial charge in [-0.3, -0.25) is 15.3 Å². The van der Waals surface area contributed by atoms with Gasteiger partial charge in [-0.1, -0.05) is 6.08 Å². The summed E-state index contributed by atoms with van der Waals surface area (Å²) in [5, 5.41) is 3.51. The van der Waals surface area contributed by atoms with E-state index >= 15 is 0 Å². The second kappa shape index (κ2) is 7.35. The van der Waals surface area contributed by atoms with Gasteiger partial charge in [0.25, 0.3) is 0 Å². The minimum Gasteiger partial charge on any atom is -0.356 e. The van der Waals surface area contributed by atoms with E-state index in [9.17, 15) is 0 Å². The number of pyridine rings is 2. The van der Waals surface area contributed by atoms with Crippen LogP contribution in [0.15, 0.2) is 57.9 Å². The Bertz CT molecular complexity index is 640. The van der Waals surface area contributed by atoms with Crippen LogP contribution in [0.1, 0.15) is 11.4 Å². The molecule has 3 rings (SSSR count). The molecule has 22 heavy (non-hydrogen) atoms. The lowest BCUT2D eigenvalue weighted by atomic mass is 10.2. The minimum atomic E-state index is 0.226. The summed E-state index contributed by atoms with van der Waals surface area (Å²) in [6.07, 6.45) is 9.03. The van der Waals surface area contributed by atoms with Crippen LogP contribution in [0.25, 0.3) is 0 Å². The molecule has 0 saturated heterocycles. The van der Waals surface area contributed by atoms with Crippen molar-refractivity contribution in [2.24, 2.45) is 0 Å². The lowest BCUT2D eigenvalue weighted by Crippen LogP contribution is -2.47. The summed E-state index contributed by atoms with van der Waals surface area (Å²) in [7, 11) is 0. The summed E-state index contributed by atoms with van der Waals surface area (Å²) in [5.74, 6) is 0. The van der Waals surface area contributed by atoms with Gasteiger partial charge in [0, 0.05) is 40.0 Å². The van der Waals surface area contributed by atoms with Crippen LogP contribution in [0.4, 0.5) is 0 Å². The summed E-state index contributed by atoms with van der Waals surface area (Å²) in [6.45, 7) is 1.66. The van der Waals surface area contributed by atoms with Crippen LogP contribution in [-0.2, 0) is 13.0 Å². The Hall–Kier alpha value is -1.24. The fourth-order valence-electron chi connectivity index (χ4n) is 2.38. The van der Waals surface area contributed by atoms with Crippen LogP contribution in [0.3, 0.4) is 0 Å². The smallest absolute Gasteiger partial charge is 0.0852 e. The van der Waals surface area contributed by atoms with Gasteiger partial charge < -0.3 is 4.90 Å². The van der Waals surface area contributed by atoms with E-state index in [1.54, 1.807) is 0 Å². The number of hydrogen-bond donors (Lipinski definition) is 1. The average Bonchev–Trinajstić information content (AvgIpc) is 2.54. The van der Waals surface area contributed by atoms with Crippen LogP contribution in [0, 0.1) is 0 Å². The van der Waals surface area contributed by atoms with E-state index in [2.05, 4.69) is 70.4 Å². The molecule has 0 aliphatic carbocycles. The zero-order valence-corrected chi connectivity index (χ0v) is 15.1. The standard InChI is InChI=1S/C16H16Br2N4/c17-12-2-4-14(20-9-12)8-16-19-6-1-7-22(16)11-15-5-3-13(18)10-21-15/h1-5,7,9-10,16,19H,6,8,11H2. The molecular weight excluding hydrogens is 408 g/mol. The molecule has 1 N–H and O–H groups in total. The predicted molar refractivity (Wildman–Crippen MR) is 94.1 cm³/mol. The summed E-state index contributed by atoms with van der Waals surface area (Å²) in [4.78, 5) is 11.2. The monoisotopic (exact) mass is 422 g/mol. The Morgan fingerprint density at radius 3 is 2.36 bits per heavy atom. The average molecular weight is 424 g/mol. The van der Waals surface area contributed by atoms with Crippen molar-refractivity contribution in [3.8, 4) is 0 Å². The maximum Gasteiger partial charge on any atom is 0.0852 e. The lowest BCUT2D eigenvalue weighted by Gasteiger charge is -2.34. The minimum absolute atomic E-state index is 0.226. The van der Waals surface area contributed by atoms with Crippen molar-refractivity contribution < 1.29 is 0 Å². The van der Waals surface area contributed by atoms with Crippen LogP contribution in [0.5, 0.6) is 0 Å². The number of nitrogens with one attached hydrogen (secondary N) is 1. The molecule has 0 aromatic carbocycles. The number of rotatable bonds is 4. The van der Waals surface area contributed by atoms with Crippen LogP contribution < -0.4 is 5.32 Å². The molecular formula is C16H16Br2N4. The van der Waals surface area contributed by atoms with Gasteiger partial charge in [-0.05, 0) is 62.3 Å². The van der Waals surface area contributed by atoms with E-state index in [4.69, 9.17) is 0 Å². The van der Waals surface area contributed by atoms with E-state index in [1.165, 1.54) is 0 Å². The Kier molecular flexibility index (Phi) is 5.23. The molecule has 1 aliphatic rings. The molecule has 0 radical (unpaired) electrons. The summed E-state index contributed by atoms with van der Waals surface area (Å²) in [6, 6.07) is 8.15. The Morgan fingerprint density at radius 2 is 1.73 bits per heavy atom. The lowest BCUT2D eigenvalue weighted by molar-refractivity contribution is 0.213.